The number of ether oxygens (including phenoxy) is 3. The molecule has 0 saturated carbocycles. The molecule has 0 atom stereocenters. The predicted molar refractivity (Wildman–Crippen MR) is 128 cm³/mol. The van der Waals surface area contributed by atoms with Gasteiger partial charge in [-0.2, -0.15) is 0 Å². The topological polar surface area (TPSA) is 129 Å². The van der Waals surface area contributed by atoms with Crippen LogP contribution in [0.1, 0.15) is 38.2 Å². The van der Waals surface area contributed by atoms with E-state index in [-0.39, 0.29) is 24.2 Å². The molecule has 0 radical (unpaired) electrons. The fraction of sp³-hybridized carbons (Fsp3) is 0.455. The van der Waals surface area contributed by atoms with Crippen molar-refractivity contribution < 1.29 is 23.8 Å². The molecule has 1 aromatic carbocycles. The zero-order valence-electron chi connectivity index (χ0n) is 19.3. The molecular weight excluding hydrogens is 494 g/mol. The number of para-hydroxylation sites is 2. The fourth-order valence-corrected chi connectivity index (χ4v) is 2.89. The minimum absolute atomic E-state index is 0.00739. The summed E-state index contributed by atoms with van der Waals surface area (Å²) in [6.07, 6.45) is 1.04. The first-order valence-corrected chi connectivity index (χ1v) is 11.3. The number of nitrogens with two attached hydrogens (primary N) is 1. The number of nitrogens with one attached hydrogen (secondary N) is 1. The first-order chi connectivity index (χ1) is 15.6. The molecule has 3 N–H and O–H groups in total. The predicted octanol–water partition coefficient (Wildman–Crippen LogP) is 3.73. The van der Waals surface area contributed by atoms with Crippen molar-refractivity contribution >= 4 is 39.4 Å². The van der Waals surface area contributed by atoms with Crippen molar-refractivity contribution in [2.75, 3.05) is 44.0 Å². The first kappa shape index (κ1) is 26.3. The van der Waals surface area contributed by atoms with Gasteiger partial charge in [0.1, 0.15) is 22.6 Å². The second-order valence-electron chi connectivity index (χ2n) is 7.90. The quantitative estimate of drug-likeness (QED) is 0.450. The van der Waals surface area contributed by atoms with Gasteiger partial charge < -0.3 is 30.2 Å². The number of hydrogen-bond donors (Lipinski definition) is 2. The molecule has 0 aliphatic heterocycles. The molecular formula is C22H30BrN5O5. The molecule has 180 valence electrons. The van der Waals surface area contributed by atoms with Gasteiger partial charge in [0.25, 0.3) is 5.91 Å². The number of anilines is 2. The molecule has 2 aromatic rings. The van der Waals surface area contributed by atoms with Crippen LogP contribution in [0.15, 0.2) is 35.1 Å². The number of benzene rings is 1. The minimum Gasteiger partial charge on any atom is -0.489 e. The Morgan fingerprint density at radius 2 is 1.91 bits per heavy atom. The molecule has 2 rings (SSSR count). The average molecular weight is 524 g/mol. The van der Waals surface area contributed by atoms with Gasteiger partial charge in [-0.1, -0.05) is 12.1 Å². The Labute approximate surface area is 201 Å². The molecule has 33 heavy (non-hydrogen) atoms. The lowest BCUT2D eigenvalue weighted by atomic mass is 10.2. The second-order valence-corrected chi connectivity index (χ2v) is 8.71. The maximum atomic E-state index is 12.6. The van der Waals surface area contributed by atoms with Crippen molar-refractivity contribution in [3.63, 3.8) is 0 Å². The maximum Gasteiger partial charge on any atom is 0.410 e. The number of nitrogen functional groups attached to an aromatic ring is 1. The Bertz CT molecular complexity index is 951. The Kier molecular flexibility index (Phi) is 9.86. The summed E-state index contributed by atoms with van der Waals surface area (Å²) in [6.45, 7) is 9.20. The normalized spacial score (nSPS) is 11.1. The van der Waals surface area contributed by atoms with E-state index in [1.54, 1.807) is 29.2 Å². The molecule has 1 heterocycles. The molecule has 0 aliphatic carbocycles. The molecule has 0 unspecified atom stereocenters. The van der Waals surface area contributed by atoms with Gasteiger partial charge in [0.05, 0.1) is 25.1 Å². The van der Waals surface area contributed by atoms with E-state index in [0.717, 1.165) is 0 Å². The second kappa shape index (κ2) is 12.4. The summed E-state index contributed by atoms with van der Waals surface area (Å²) in [6, 6.07) is 6.99. The number of nitrogens with zero attached hydrogens (tertiary/aromatic N) is 3. The number of carbonyl (C=O) groups is 2. The van der Waals surface area contributed by atoms with Crippen LogP contribution in [0.4, 0.5) is 16.3 Å². The number of hydrogen-bond acceptors (Lipinski definition) is 8. The number of aromatic nitrogens is 2. The van der Waals surface area contributed by atoms with Crippen molar-refractivity contribution in [1.29, 1.82) is 0 Å². The van der Waals surface area contributed by atoms with Crippen LogP contribution in [-0.2, 0) is 9.47 Å². The average Bonchev–Trinajstić information content (AvgIpc) is 2.74. The highest BCUT2D eigenvalue weighted by Crippen LogP contribution is 2.25. The van der Waals surface area contributed by atoms with Gasteiger partial charge in [0.2, 0.25) is 0 Å². The number of halogens is 1. The smallest absolute Gasteiger partial charge is 0.410 e. The molecule has 11 heteroatoms. The summed E-state index contributed by atoms with van der Waals surface area (Å²) in [5, 5.41) is 2.73. The van der Waals surface area contributed by atoms with E-state index in [0.29, 0.717) is 42.3 Å². The number of likely N-dealkylation sites (N-methyl/N-ethyl adjacent to an activating group) is 1. The van der Waals surface area contributed by atoms with Crippen molar-refractivity contribution in [3.05, 3.63) is 40.8 Å². The summed E-state index contributed by atoms with van der Waals surface area (Å²) in [5.74, 6) is -0.00896. The van der Waals surface area contributed by atoms with Gasteiger partial charge in [-0.15, -0.1) is 0 Å². The molecule has 10 nitrogen and oxygen atoms in total. The third-order valence-corrected chi connectivity index (χ3v) is 4.53. The van der Waals surface area contributed by atoms with Crippen molar-refractivity contribution in [3.8, 4) is 5.75 Å². The fourth-order valence-electron chi connectivity index (χ4n) is 2.61. The van der Waals surface area contributed by atoms with E-state index in [1.807, 2.05) is 27.7 Å². The van der Waals surface area contributed by atoms with Crippen LogP contribution < -0.4 is 15.8 Å². The zero-order chi connectivity index (χ0) is 24.4. The SMILES string of the molecule is CCN(CCOCCOc1ccccc1NC(=O)c1nc(Br)cnc1N)C(=O)OC(C)(C)C. The third-order valence-electron chi connectivity index (χ3n) is 4.15. The van der Waals surface area contributed by atoms with Gasteiger partial charge in [0, 0.05) is 13.1 Å². The Morgan fingerprint density at radius 3 is 2.61 bits per heavy atom. The van der Waals surface area contributed by atoms with Crippen LogP contribution in [0, 0.1) is 0 Å². The molecule has 0 spiro atoms. The summed E-state index contributed by atoms with van der Waals surface area (Å²) in [5.41, 5.74) is 5.68. The third kappa shape index (κ3) is 8.85. The van der Waals surface area contributed by atoms with E-state index >= 15 is 0 Å². The molecule has 0 aliphatic rings. The molecule has 1 aromatic heterocycles. The minimum atomic E-state index is -0.544. The Morgan fingerprint density at radius 1 is 1.18 bits per heavy atom. The molecule has 2 amide bonds. The van der Waals surface area contributed by atoms with E-state index in [4.69, 9.17) is 19.9 Å². The van der Waals surface area contributed by atoms with Gasteiger partial charge in [-0.05, 0) is 55.8 Å². The van der Waals surface area contributed by atoms with Gasteiger partial charge in [-0.3, -0.25) is 4.79 Å². The number of rotatable bonds is 10. The van der Waals surface area contributed by atoms with Crippen molar-refractivity contribution in [1.82, 2.24) is 14.9 Å². The maximum absolute atomic E-state index is 12.6. The molecule has 0 saturated heterocycles. The standard InChI is InChI=1S/C22H30BrN5O5/c1-5-28(21(30)33-22(2,3)4)10-11-31-12-13-32-16-9-7-6-8-15(16)26-20(29)18-19(24)25-14-17(23)27-18/h6-9,14H,5,10-13H2,1-4H3,(H2,24,25)(H,26,29). The highest BCUT2D eigenvalue weighted by Gasteiger charge is 2.21. The summed E-state index contributed by atoms with van der Waals surface area (Å²) in [4.78, 5) is 34.2. The van der Waals surface area contributed by atoms with E-state index < -0.39 is 11.5 Å². The van der Waals surface area contributed by atoms with Crippen LogP contribution in [0.5, 0.6) is 5.75 Å². The lowest BCUT2D eigenvalue weighted by molar-refractivity contribution is 0.0171. The van der Waals surface area contributed by atoms with Gasteiger partial charge in [0.15, 0.2) is 11.5 Å². The summed E-state index contributed by atoms with van der Waals surface area (Å²) >= 11 is 3.18. The van der Waals surface area contributed by atoms with Gasteiger partial charge >= 0.3 is 6.09 Å². The molecule has 0 bridgehead atoms. The molecule has 0 fully saturated rings. The summed E-state index contributed by atoms with van der Waals surface area (Å²) in [7, 11) is 0. The Balaban J connectivity index is 1.82. The number of carbonyl (C=O) groups excluding carboxylic acids is 2. The van der Waals surface area contributed by atoms with E-state index in [9.17, 15) is 9.59 Å². The largest absolute Gasteiger partial charge is 0.489 e. The van der Waals surface area contributed by atoms with E-state index in [2.05, 4.69) is 31.2 Å². The van der Waals surface area contributed by atoms with Crippen molar-refractivity contribution in [2.24, 2.45) is 0 Å². The van der Waals surface area contributed by atoms with E-state index in [1.165, 1.54) is 6.20 Å². The van der Waals surface area contributed by atoms with Crippen LogP contribution in [0.2, 0.25) is 0 Å². The van der Waals surface area contributed by atoms with Crippen LogP contribution in [0.3, 0.4) is 0 Å². The van der Waals surface area contributed by atoms with Crippen molar-refractivity contribution in [2.45, 2.75) is 33.3 Å². The summed E-state index contributed by atoms with van der Waals surface area (Å²) < 4.78 is 17.1. The van der Waals surface area contributed by atoms with Crippen LogP contribution in [-0.4, -0.2) is 65.4 Å². The first-order valence-electron chi connectivity index (χ1n) is 10.5. The zero-order valence-corrected chi connectivity index (χ0v) is 20.8. The number of amides is 2. The van der Waals surface area contributed by atoms with Crippen LogP contribution in [0.25, 0.3) is 0 Å². The Hall–Kier alpha value is -2.92. The highest BCUT2D eigenvalue weighted by atomic mass is 79.9. The van der Waals surface area contributed by atoms with Gasteiger partial charge in [-0.25, -0.2) is 14.8 Å². The lowest BCUT2D eigenvalue weighted by Gasteiger charge is -2.26. The lowest BCUT2D eigenvalue weighted by Crippen LogP contribution is -2.38. The van der Waals surface area contributed by atoms with Crippen LogP contribution >= 0.6 is 15.9 Å². The highest BCUT2D eigenvalue weighted by molar-refractivity contribution is 9.10. The monoisotopic (exact) mass is 523 g/mol.